The molecular formula is C12H17ClN2O. The highest BCUT2D eigenvalue weighted by molar-refractivity contribution is 5.99. The zero-order chi connectivity index (χ0) is 10.9. The lowest BCUT2D eigenvalue weighted by Gasteiger charge is -2.11. The van der Waals surface area contributed by atoms with Crippen LogP contribution in [0.2, 0.25) is 0 Å². The van der Waals surface area contributed by atoms with Crippen LogP contribution in [0, 0.1) is 5.41 Å². The third-order valence-electron chi connectivity index (χ3n) is 2.98. The summed E-state index contributed by atoms with van der Waals surface area (Å²) in [5.74, 6) is -0.0683. The van der Waals surface area contributed by atoms with E-state index < -0.39 is 0 Å². The molecule has 1 aliphatic rings. The Morgan fingerprint density at radius 2 is 2.06 bits per heavy atom. The standard InChI is InChI=1S/C12H16N2O.ClH/c1-12(6-7-12)8-14-11(15)9-4-2-3-5-10(9)13;/h2-5H,6-8,13H2,1H3,(H,14,15);1H. The van der Waals surface area contributed by atoms with Gasteiger partial charge >= 0.3 is 0 Å². The van der Waals surface area contributed by atoms with E-state index in [0.717, 1.165) is 6.54 Å². The van der Waals surface area contributed by atoms with E-state index in [1.165, 1.54) is 12.8 Å². The topological polar surface area (TPSA) is 55.1 Å². The molecule has 1 saturated carbocycles. The largest absolute Gasteiger partial charge is 0.398 e. The first-order valence-corrected chi connectivity index (χ1v) is 5.23. The molecule has 1 aliphatic carbocycles. The number of amides is 1. The second-order valence-electron chi connectivity index (χ2n) is 4.58. The smallest absolute Gasteiger partial charge is 0.253 e. The molecular weight excluding hydrogens is 224 g/mol. The van der Waals surface area contributed by atoms with Crippen LogP contribution >= 0.6 is 12.4 Å². The van der Waals surface area contributed by atoms with E-state index in [1.54, 1.807) is 12.1 Å². The van der Waals surface area contributed by atoms with Gasteiger partial charge in [0.25, 0.3) is 5.91 Å². The van der Waals surface area contributed by atoms with Gasteiger partial charge in [-0.3, -0.25) is 4.79 Å². The van der Waals surface area contributed by atoms with E-state index in [9.17, 15) is 4.79 Å². The zero-order valence-corrected chi connectivity index (χ0v) is 10.1. The van der Waals surface area contributed by atoms with Crippen molar-refractivity contribution in [2.45, 2.75) is 19.8 Å². The minimum atomic E-state index is -0.0683. The lowest BCUT2D eigenvalue weighted by Crippen LogP contribution is -2.29. The fourth-order valence-electron chi connectivity index (χ4n) is 1.48. The van der Waals surface area contributed by atoms with Gasteiger partial charge in [0.1, 0.15) is 0 Å². The van der Waals surface area contributed by atoms with Gasteiger partial charge in [-0.25, -0.2) is 0 Å². The van der Waals surface area contributed by atoms with Crippen LogP contribution in [0.1, 0.15) is 30.1 Å². The minimum Gasteiger partial charge on any atom is -0.398 e. The van der Waals surface area contributed by atoms with E-state index in [4.69, 9.17) is 5.73 Å². The third-order valence-corrected chi connectivity index (χ3v) is 2.98. The van der Waals surface area contributed by atoms with E-state index in [0.29, 0.717) is 16.7 Å². The summed E-state index contributed by atoms with van der Waals surface area (Å²) in [6.45, 7) is 2.93. The summed E-state index contributed by atoms with van der Waals surface area (Å²) in [5.41, 5.74) is 7.16. The maximum Gasteiger partial charge on any atom is 0.253 e. The van der Waals surface area contributed by atoms with Gasteiger partial charge in [0.15, 0.2) is 0 Å². The van der Waals surface area contributed by atoms with Crippen LogP contribution in [0.3, 0.4) is 0 Å². The highest BCUT2D eigenvalue weighted by atomic mass is 35.5. The number of nitrogens with one attached hydrogen (secondary N) is 1. The molecule has 3 N–H and O–H groups in total. The van der Waals surface area contributed by atoms with Crippen molar-refractivity contribution in [3.05, 3.63) is 29.8 Å². The molecule has 0 saturated heterocycles. The Hall–Kier alpha value is -1.22. The van der Waals surface area contributed by atoms with Crippen LogP contribution in [-0.2, 0) is 0 Å². The van der Waals surface area contributed by atoms with Crippen molar-refractivity contribution in [2.75, 3.05) is 12.3 Å². The highest BCUT2D eigenvalue weighted by Crippen LogP contribution is 2.44. The van der Waals surface area contributed by atoms with Crippen LogP contribution in [-0.4, -0.2) is 12.5 Å². The summed E-state index contributed by atoms with van der Waals surface area (Å²) < 4.78 is 0. The predicted molar refractivity (Wildman–Crippen MR) is 67.8 cm³/mol. The molecule has 0 unspecified atom stereocenters. The molecule has 0 atom stereocenters. The number of carbonyl (C=O) groups is 1. The van der Waals surface area contributed by atoms with Gasteiger partial charge in [-0.1, -0.05) is 19.1 Å². The number of nitrogens with two attached hydrogens (primary N) is 1. The maximum atomic E-state index is 11.7. The summed E-state index contributed by atoms with van der Waals surface area (Å²) in [6.07, 6.45) is 2.41. The Bertz CT molecular complexity index is 388. The van der Waals surface area contributed by atoms with Gasteiger partial charge < -0.3 is 11.1 Å². The van der Waals surface area contributed by atoms with Gasteiger partial charge in [-0.2, -0.15) is 0 Å². The molecule has 4 heteroatoms. The Labute approximate surface area is 102 Å². The van der Waals surface area contributed by atoms with Crippen LogP contribution in [0.5, 0.6) is 0 Å². The summed E-state index contributed by atoms with van der Waals surface area (Å²) in [6, 6.07) is 7.14. The van der Waals surface area contributed by atoms with Crippen molar-refractivity contribution >= 4 is 24.0 Å². The Balaban J connectivity index is 0.00000128. The molecule has 1 aromatic rings. The normalized spacial score (nSPS) is 16.1. The number of rotatable bonds is 3. The molecule has 0 radical (unpaired) electrons. The minimum absolute atomic E-state index is 0. The third kappa shape index (κ3) is 2.89. The number of para-hydroxylation sites is 1. The van der Waals surface area contributed by atoms with E-state index >= 15 is 0 Å². The maximum absolute atomic E-state index is 11.7. The quantitative estimate of drug-likeness (QED) is 0.796. The predicted octanol–water partition coefficient (Wildman–Crippen LogP) is 2.22. The number of hydrogen-bond donors (Lipinski definition) is 2. The molecule has 1 aromatic carbocycles. The van der Waals surface area contributed by atoms with E-state index in [2.05, 4.69) is 12.2 Å². The van der Waals surface area contributed by atoms with Gasteiger partial charge in [0.05, 0.1) is 5.56 Å². The van der Waals surface area contributed by atoms with Gasteiger partial charge in [-0.05, 0) is 30.4 Å². The molecule has 0 spiro atoms. The molecule has 2 rings (SSSR count). The zero-order valence-electron chi connectivity index (χ0n) is 9.32. The molecule has 3 nitrogen and oxygen atoms in total. The van der Waals surface area contributed by atoms with E-state index in [-0.39, 0.29) is 18.3 Å². The van der Waals surface area contributed by atoms with E-state index in [1.807, 2.05) is 12.1 Å². The average Bonchev–Trinajstić information content (AvgIpc) is 2.95. The molecule has 88 valence electrons. The van der Waals surface area contributed by atoms with Crippen LogP contribution in [0.15, 0.2) is 24.3 Å². The lowest BCUT2D eigenvalue weighted by atomic mass is 10.1. The molecule has 0 aliphatic heterocycles. The number of anilines is 1. The fraction of sp³-hybridized carbons (Fsp3) is 0.417. The average molecular weight is 241 g/mol. The number of halogens is 1. The molecule has 1 amide bonds. The molecule has 0 aromatic heterocycles. The summed E-state index contributed by atoms with van der Waals surface area (Å²) in [7, 11) is 0. The molecule has 1 fully saturated rings. The number of hydrogen-bond acceptors (Lipinski definition) is 2. The second-order valence-corrected chi connectivity index (χ2v) is 4.58. The first-order valence-electron chi connectivity index (χ1n) is 5.23. The molecule has 16 heavy (non-hydrogen) atoms. The summed E-state index contributed by atoms with van der Waals surface area (Å²) >= 11 is 0. The Morgan fingerprint density at radius 1 is 1.44 bits per heavy atom. The first-order chi connectivity index (χ1) is 7.11. The first kappa shape index (κ1) is 12.8. The lowest BCUT2D eigenvalue weighted by molar-refractivity contribution is 0.0947. The molecule has 0 bridgehead atoms. The van der Waals surface area contributed by atoms with Crippen molar-refractivity contribution in [1.29, 1.82) is 0 Å². The van der Waals surface area contributed by atoms with Crippen LogP contribution in [0.25, 0.3) is 0 Å². The second kappa shape index (κ2) is 4.74. The number of carbonyl (C=O) groups excluding carboxylic acids is 1. The van der Waals surface area contributed by atoms with Crippen molar-refractivity contribution < 1.29 is 4.79 Å². The van der Waals surface area contributed by atoms with Crippen molar-refractivity contribution in [2.24, 2.45) is 5.41 Å². The van der Waals surface area contributed by atoms with Gasteiger partial charge in [0, 0.05) is 12.2 Å². The van der Waals surface area contributed by atoms with Gasteiger partial charge in [0.2, 0.25) is 0 Å². The number of benzene rings is 1. The van der Waals surface area contributed by atoms with Crippen molar-refractivity contribution in [3.8, 4) is 0 Å². The summed E-state index contributed by atoms with van der Waals surface area (Å²) in [4.78, 5) is 11.7. The van der Waals surface area contributed by atoms with Gasteiger partial charge in [-0.15, -0.1) is 12.4 Å². The van der Waals surface area contributed by atoms with Crippen LogP contribution < -0.4 is 11.1 Å². The monoisotopic (exact) mass is 240 g/mol. The molecule has 0 heterocycles. The Morgan fingerprint density at radius 3 is 2.62 bits per heavy atom. The number of nitrogen functional groups attached to an aromatic ring is 1. The SMILES string of the molecule is CC1(CNC(=O)c2ccccc2N)CC1.Cl. The van der Waals surface area contributed by atoms with Crippen LogP contribution in [0.4, 0.5) is 5.69 Å². The summed E-state index contributed by atoms with van der Waals surface area (Å²) in [5, 5.41) is 2.92. The van der Waals surface area contributed by atoms with Crippen molar-refractivity contribution in [3.63, 3.8) is 0 Å². The van der Waals surface area contributed by atoms with Crippen molar-refractivity contribution in [1.82, 2.24) is 5.32 Å². The highest BCUT2D eigenvalue weighted by Gasteiger charge is 2.37. The fourth-order valence-corrected chi connectivity index (χ4v) is 1.48. The Kier molecular flexibility index (Phi) is 3.81.